The van der Waals surface area contributed by atoms with E-state index in [1.807, 2.05) is 100 Å². The molecule has 0 spiro atoms. The van der Waals surface area contributed by atoms with E-state index in [9.17, 15) is 57.5 Å². The molecule has 33 nitrogen and oxygen atoms in total. The van der Waals surface area contributed by atoms with Gasteiger partial charge in [0.2, 0.25) is 0 Å². The van der Waals surface area contributed by atoms with Gasteiger partial charge in [-0.1, -0.05) is 126 Å². The molecule has 8 aromatic rings. The minimum Gasteiger partial charge on any atom is -0.466 e. The van der Waals surface area contributed by atoms with Crippen LogP contribution in [-0.4, -0.2) is 221 Å². The third-order valence-corrected chi connectivity index (χ3v) is 21.9. The van der Waals surface area contributed by atoms with Gasteiger partial charge in [-0.15, -0.1) is 0 Å². The number of carbonyl (C=O) groups is 12. The molecule has 137 heavy (non-hydrogen) atoms. The fraction of sp³-hybridized carbons (Fsp3) is 0.481. The first-order valence-electron chi connectivity index (χ1n) is 46.9. The van der Waals surface area contributed by atoms with Gasteiger partial charge in [0.1, 0.15) is 98.2 Å². The number of rotatable bonds is 62. The summed E-state index contributed by atoms with van der Waals surface area (Å²) in [5.41, 5.74) is 5.89. The van der Waals surface area contributed by atoms with Crippen molar-refractivity contribution in [3.8, 4) is 0 Å². The Hall–Kier alpha value is -12.8. The molecule has 4 aromatic carbocycles. The van der Waals surface area contributed by atoms with Gasteiger partial charge >= 0.3 is 71.6 Å². The highest BCUT2D eigenvalue weighted by atomic mass is 16.6. The lowest BCUT2D eigenvalue weighted by Gasteiger charge is -2.24. The normalized spacial score (nSPS) is 11.4. The van der Waals surface area contributed by atoms with Crippen molar-refractivity contribution >= 4 is 116 Å². The molecule has 0 aliphatic rings. The van der Waals surface area contributed by atoms with E-state index >= 15 is 0 Å². The zero-order valence-electron chi connectivity index (χ0n) is 81.4. The van der Waals surface area contributed by atoms with Crippen LogP contribution < -0.4 is 0 Å². The zero-order valence-corrected chi connectivity index (χ0v) is 81.4. The minimum absolute atomic E-state index is 0.00508. The summed E-state index contributed by atoms with van der Waals surface area (Å²) < 4.78 is 85.6. The zero-order chi connectivity index (χ0) is 100. The van der Waals surface area contributed by atoms with Gasteiger partial charge < -0.3 is 99.0 Å². The molecule has 0 fully saturated rings. The largest absolute Gasteiger partial charge is 0.466 e. The Morgan fingerprint density at radius 1 is 0.270 bits per heavy atom. The van der Waals surface area contributed by atoms with Crippen molar-refractivity contribution in [3.05, 3.63) is 206 Å². The second-order valence-electron chi connectivity index (χ2n) is 31.3. The molecule has 0 aliphatic heterocycles. The summed E-state index contributed by atoms with van der Waals surface area (Å²) in [7, 11) is 0. The van der Waals surface area contributed by atoms with Gasteiger partial charge in [0, 0.05) is 97.5 Å². The highest BCUT2D eigenvalue weighted by Crippen LogP contribution is 2.33. The summed E-state index contributed by atoms with van der Waals surface area (Å²) in [5, 5.41) is 3.39. The molecule has 8 rings (SSSR count). The Morgan fingerprint density at radius 2 is 0.504 bits per heavy atom. The number of carbonyl (C=O) groups excluding carboxylic acids is 12. The van der Waals surface area contributed by atoms with Crippen LogP contribution in [0.4, 0.5) is 0 Å². The third kappa shape index (κ3) is 44.3. The molecule has 0 saturated heterocycles. The maximum atomic E-state index is 13.5. The summed E-state index contributed by atoms with van der Waals surface area (Å²) in [4.78, 5) is 153. The second kappa shape index (κ2) is 65.8. The lowest BCUT2D eigenvalue weighted by Crippen LogP contribution is -2.34. The lowest BCUT2D eigenvalue weighted by molar-refractivity contribution is -0.153. The molecular weight excluding hydrogens is 1770 g/mol. The van der Waals surface area contributed by atoms with Crippen LogP contribution >= 0.6 is 0 Å². The Balaban J connectivity index is 0.000000352. The molecule has 2 unspecified atom stereocenters. The molecule has 33 heteroatoms. The summed E-state index contributed by atoms with van der Waals surface area (Å²) >= 11 is 0. The Morgan fingerprint density at radius 3 is 0.796 bits per heavy atom. The van der Waals surface area contributed by atoms with Crippen molar-refractivity contribution in [1.29, 1.82) is 0 Å². The van der Waals surface area contributed by atoms with Crippen molar-refractivity contribution in [2.24, 2.45) is 11.8 Å². The van der Waals surface area contributed by atoms with Crippen LogP contribution in [0.5, 0.6) is 0 Å². The molecular formula is C104H139N5O28. The molecule has 748 valence electrons. The van der Waals surface area contributed by atoms with Crippen LogP contribution in [0.1, 0.15) is 185 Å². The van der Waals surface area contributed by atoms with Gasteiger partial charge in [0.15, 0.2) is 0 Å². The predicted octanol–water partition coefficient (Wildman–Crippen LogP) is 16.4. The van der Waals surface area contributed by atoms with Gasteiger partial charge in [0.05, 0.1) is 57.5 Å². The van der Waals surface area contributed by atoms with Gasteiger partial charge in [-0.2, -0.15) is 0 Å². The van der Waals surface area contributed by atoms with Crippen LogP contribution in [0.25, 0.3) is 43.9 Å². The second-order valence-corrected chi connectivity index (χ2v) is 31.3. The van der Waals surface area contributed by atoms with Crippen LogP contribution in [0.2, 0.25) is 0 Å². The van der Waals surface area contributed by atoms with E-state index in [1.54, 1.807) is 24.3 Å². The van der Waals surface area contributed by atoms with Crippen LogP contribution in [-0.2, 0) is 167 Å². The van der Waals surface area contributed by atoms with E-state index in [4.69, 9.17) is 74.5 Å². The van der Waals surface area contributed by atoms with Crippen molar-refractivity contribution in [3.63, 3.8) is 0 Å². The molecule has 4 heterocycles. The van der Waals surface area contributed by atoms with Gasteiger partial charge in [-0.05, 0) is 199 Å². The Labute approximate surface area is 802 Å². The van der Waals surface area contributed by atoms with Gasteiger partial charge in [0.25, 0.3) is 0 Å². The molecule has 0 N–H and O–H groups in total. The summed E-state index contributed by atoms with van der Waals surface area (Å²) in [6, 6.07) is 28.8. The monoisotopic (exact) mass is 1910 g/mol. The van der Waals surface area contributed by atoms with E-state index in [0.29, 0.717) is 117 Å². The molecule has 0 aliphatic carbocycles. The number of hydrogen-bond donors (Lipinski definition) is 0. The van der Waals surface area contributed by atoms with E-state index in [1.165, 1.54) is 0 Å². The molecule has 0 bridgehead atoms. The van der Waals surface area contributed by atoms with Crippen LogP contribution in [0.3, 0.4) is 0 Å². The number of hydrogen-bond acceptors (Lipinski definition) is 33. The predicted molar refractivity (Wildman–Crippen MR) is 515 cm³/mol. The first-order chi connectivity index (χ1) is 66.1. The summed E-state index contributed by atoms with van der Waals surface area (Å²) in [5.74, 6) is -4.32. The average Bonchev–Trinajstić information content (AvgIpc) is 1.64. The van der Waals surface area contributed by atoms with E-state index < -0.39 is 59.6 Å². The SMILES string of the molecule is C=CC(=O)OCCCCOC(=O)CCN(CC)CC.C=CC(=O)OCc1ccc(COC(=O)CCC(CN(CC)CC)C(=O)OCc2ccc(COC(=O)C=C)o2)o1.C=CC(=O)OCc1ccc2oc3ccc(COC(=O)CCC(CN(CC)CC)C(=O)OCc4ccc5oc6ccc(COC(=O)C=C)cc6c5c4)cc3c2c1.CCN(CC)CCC(=O)OCCCCOC(=O)CCN(CC)CC. The van der Waals surface area contributed by atoms with Gasteiger partial charge in [-0.3, -0.25) is 33.6 Å². The molecule has 0 saturated carbocycles. The molecule has 4 aromatic heterocycles. The fourth-order valence-corrected chi connectivity index (χ4v) is 13.6. The maximum Gasteiger partial charge on any atom is 0.330 e. The quantitative estimate of drug-likeness (QED) is 0.0148. The number of esters is 12. The Bertz CT molecular complexity index is 5100. The number of ether oxygens (including phenoxy) is 12. The van der Waals surface area contributed by atoms with Crippen molar-refractivity contribution < 1.29 is 132 Å². The first kappa shape index (κ1) is 115. The van der Waals surface area contributed by atoms with E-state index in [-0.39, 0.29) is 102 Å². The van der Waals surface area contributed by atoms with Crippen LogP contribution in [0, 0.1) is 11.8 Å². The third-order valence-electron chi connectivity index (χ3n) is 21.9. The average molecular weight is 1910 g/mol. The lowest BCUT2D eigenvalue weighted by atomic mass is 10.0. The van der Waals surface area contributed by atoms with E-state index in [2.05, 4.69) is 98.9 Å². The molecule has 0 radical (unpaired) electrons. The smallest absolute Gasteiger partial charge is 0.330 e. The van der Waals surface area contributed by atoms with Gasteiger partial charge in [-0.25, -0.2) is 24.0 Å². The number of unbranched alkanes of at least 4 members (excludes halogenated alkanes) is 2. The standard InChI is InChI=1S/C44H43NO10.C28H35NO10.C18H36N2O4.C14H25NO4/c1-5-41(46)50-24-28-9-14-37-33(19-28)35-21-30(11-16-39(35)54-37)26-52-43(48)18-13-32(23-45(7-3)8-4)44(49)53-27-31-12-17-40-36(22-31)34-20-29(10-15-38(34)55-40)25-51-42(47)6-2;1-5-25(30)34-16-21-10-11-23(38-21)18-36-27(32)14-9-20(15-29(7-3)8-4)28(33)37-19-24-13-12-22(39-24)17-35-26(31)6-2;1-5-19(6-2)13-11-17(21)23-15-9-10-16-24-18(22)12-14-20(7-3)8-4;1-4-13(16)18-11-7-8-12-19-14(17)9-10-15(5-2)6-3/h5-6,9-12,14-17,19-22,32H,1-2,7-8,13,18,23-27H2,3-4H3;5-6,10-13,20H,1-2,7-9,14-19H2,3-4H3;5-16H2,1-4H3;4H,1,5-12H2,2-3H3. The maximum absolute atomic E-state index is 13.5. The van der Waals surface area contributed by atoms with Crippen molar-refractivity contribution in [2.45, 2.75) is 193 Å². The number of furan rings is 4. The Kier molecular flexibility index (Phi) is 55.1. The van der Waals surface area contributed by atoms with Crippen LogP contribution in [0.15, 0.2) is 178 Å². The van der Waals surface area contributed by atoms with E-state index in [0.717, 1.165) is 172 Å². The fourth-order valence-electron chi connectivity index (χ4n) is 13.6. The molecule has 0 amide bonds. The summed E-state index contributed by atoms with van der Waals surface area (Å²) in [6.45, 7) is 50.5. The highest BCUT2D eigenvalue weighted by Gasteiger charge is 2.28. The topological polar surface area (TPSA) is 384 Å². The minimum atomic E-state index is -0.572. The number of benzene rings is 4. The summed E-state index contributed by atoms with van der Waals surface area (Å²) in [6.07, 6.45) is 10.1. The number of fused-ring (bicyclic) bond motifs is 6. The first-order valence-corrected chi connectivity index (χ1v) is 46.9. The highest BCUT2D eigenvalue weighted by molar-refractivity contribution is 6.06. The molecule has 2 atom stereocenters. The van der Waals surface area contributed by atoms with Crippen molar-refractivity contribution in [1.82, 2.24) is 24.5 Å². The number of nitrogens with zero attached hydrogens (tertiary/aromatic N) is 5. The van der Waals surface area contributed by atoms with Crippen molar-refractivity contribution in [2.75, 3.05) is 125 Å².